The minimum atomic E-state index is -0.172. The van der Waals surface area contributed by atoms with Crippen molar-refractivity contribution in [1.82, 2.24) is 0 Å². The highest BCUT2D eigenvalue weighted by Crippen LogP contribution is 2.70. The van der Waals surface area contributed by atoms with Crippen LogP contribution in [0.15, 0.2) is 30.3 Å². The van der Waals surface area contributed by atoms with Gasteiger partial charge in [-0.15, -0.1) is 0 Å². The fourth-order valence-corrected chi connectivity index (χ4v) is 5.39. The van der Waals surface area contributed by atoms with Crippen molar-refractivity contribution in [3.8, 4) is 0 Å². The average molecular weight is 272 g/mol. The van der Waals surface area contributed by atoms with Gasteiger partial charge in [0.05, 0.1) is 12.2 Å². The Hall–Kier alpha value is -0.860. The number of aliphatic hydroxyl groups excluding tert-OH is 1. The lowest BCUT2D eigenvalue weighted by Gasteiger charge is -2.51. The molecule has 2 nitrogen and oxygen atoms in total. The Labute approximate surface area is 121 Å². The summed E-state index contributed by atoms with van der Waals surface area (Å²) in [4.78, 5) is 0. The van der Waals surface area contributed by atoms with Crippen molar-refractivity contribution in [2.45, 2.75) is 45.3 Å². The van der Waals surface area contributed by atoms with Gasteiger partial charge in [-0.05, 0) is 42.1 Å². The smallest absolute Gasteiger partial charge is 0.0859 e. The van der Waals surface area contributed by atoms with Crippen molar-refractivity contribution in [2.24, 2.45) is 22.7 Å². The van der Waals surface area contributed by atoms with Crippen molar-refractivity contribution in [3.63, 3.8) is 0 Å². The van der Waals surface area contributed by atoms with Gasteiger partial charge in [-0.25, -0.2) is 0 Å². The van der Waals surface area contributed by atoms with Gasteiger partial charge in [-0.1, -0.05) is 44.2 Å². The Balaban J connectivity index is 1.72. The zero-order valence-electron chi connectivity index (χ0n) is 12.4. The predicted octanol–water partition coefficient (Wildman–Crippen LogP) is 3.56. The number of rotatable bonds is 1. The lowest BCUT2D eigenvalue weighted by atomic mass is 9.60. The van der Waals surface area contributed by atoms with Gasteiger partial charge in [0.1, 0.15) is 0 Å². The molecule has 1 heterocycles. The minimum absolute atomic E-state index is 0.0785. The first-order valence-corrected chi connectivity index (χ1v) is 7.90. The molecule has 108 valence electrons. The number of hydrogen-bond acceptors (Lipinski definition) is 2. The van der Waals surface area contributed by atoms with Gasteiger partial charge in [-0.2, -0.15) is 0 Å². The van der Waals surface area contributed by atoms with E-state index in [1.807, 2.05) is 0 Å². The molecule has 1 aliphatic heterocycles. The third kappa shape index (κ3) is 1.47. The molecule has 20 heavy (non-hydrogen) atoms. The molecular formula is C18H24O2. The topological polar surface area (TPSA) is 29.5 Å². The first-order valence-electron chi connectivity index (χ1n) is 7.90. The van der Waals surface area contributed by atoms with E-state index in [1.165, 1.54) is 18.4 Å². The van der Waals surface area contributed by atoms with Gasteiger partial charge >= 0.3 is 0 Å². The monoisotopic (exact) mass is 272 g/mol. The van der Waals surface area contributed by atoms with E-state index in [0.717, 1.165) is 13.0 Å². The van der Waals surface area contributed by atoms with Crippen LogP contribution in [0.25, 0.3) is 0 Å². The van der Waals surface area contributed by atoms with E-state index in [0.29, 0.717) is 11.8 Å². The molecule has 0 amide bonds. The molecule has 0 aromatic heterocycles. The molecule has 5 atom stereocenters. The molecule has 3 aliphatic rings. The SMILES string of the molecule is CC1(C)[C@@H]2C[C@@H]3[C@@H](c4ccccc4)OCC[C@]3(C2)[C@H]1O. The van der Waals surface area contributed by atoms with Crippen LogP contribution in [0.2, 0.25) is 0 Å². The van der Waals surface area contributed by atoms with Crippen molar-refractivity contribution >= 4 is 0 Å². The Morgan fingerprint density at radius 3 is 2.65 bits per heavy atom. The molecule has 4 rings (SSSR count). The van der Waals surface area contributed by atoms with Crippen LogP contribution >= 0.6 is 0 Å². The van der Waals surface area contributed by atoms with E-state index < -0.39 is 0 Å². The van der Waals surface area contributed by atoms with Crippen LogP contribution in [-0.2, 0) is 4.74 Å². The quantitative estimate of drug-likeness (QED) is 0.847. The molecule has 2 bridgehead atoms. The van der Waals surface area contributed by atoms with Gasteiger partial charge < -0.3 is 9.84 Å². The van der Waals surface area contributed by atoms with Crippen LogP contribution in [0.5, 0.6) is 0 Å². The number of fused-ring (bicyclic) bond motifs is 1. The molecule has 2 heteroatoms. The molecule has 1 saturated heterocycles. The molecule has 2 saturated carbocycles. The van der Waals surface area contributed by atoms with Crippen LogP contribution < -0.4 is 0 Å². The molecule has 1 spiro atoms. The zero-order valence-corrected chi connectivity index (χ0v) is 12.4. The van der Waals surface area contributed by atoms with Crippen LogP contribution in [0.3, 0.4) is 0 Å². The van der Waals surface area contributed by atoms with Gasteiger partial charge in [-0.3, -0.25) is 0 Å². The fraction of sp³-hybridized carbons (Fsp3) is 0.667. The second-order valence-corrected chi connectivity index (χ2v) is 7.65. The Kier molecular flexibility index (Phi) is 2.62. The fourth-order valence-electron chi connectivity index (χ4n) is 5.39. The molecule has 2 aliphatic carbocycles. The minimum Gasteiger partial charge on any atom is -0.392 e. The summed E-state index contributed by atoms with van der Waals surface area (Å²) in [6.45, 7) is 5.29. The maximum atomic E-state index is 10.9. The first-order chi connectivity index (χ1) is 9.56. The van der Waals surface area contributed by atoms with Gasteiger partial charge in [0, 0.05) is 12.0 Å². The number of hydrogen-bond donors (Lipinski definition) is 1. The normalized spacial score (nSPS) is 45.4. The summed E-state index contributed by atoms with van der Waals surface area (Å²) < 4.78 is 6.13. The zero-order chi connectivity index (χ0) is 14.0. The molecular weight excluding hydrogens is 248 g/mol. The highest BCUT2D eigenvalue weighted by molar-refractivity contribution is 5.24. The third-order valence-corrected chi connectivity index (χ3v) is 6.56. The first kappa shape index (κ1) is 12.8. The van der Waals surface area contributed by atoms with Crippen molar-refractivity contribution in [2.75, 3.05) is 6.61 Å². The summed E-state index contributed by atoms with van der Waals surface area (Å²) >= 11 is 0. The molecule has 1 aromatic carbocycles. The maximum Gasteiger partial charge on any atom is 0.0859 e. The summed E-state index contributed by atoms with van der Waals surface area (Å²) in [5.41, 5.74) is 1.47. The Morgan fingerprint density at radius 2 is 1.95 bits per heavy atom. The summed E-state index contributed by atoms with van der Waals surface area (Å²) in [5.74, 6) is 1.14. The van der Waals surface area contributed by atoms with Gasteiger partial charge in [0.2, 0.25) is 0 Å². The van der Waals surface area contributed by atoms with Crippen molar-refractivity contribution < 1.29 is 9.84 Å². The molecule has 0 radical (unpaired) electrons. The molecule has 3 fully saturated rings. The van der Waals surface area contributed by atoms with Gasteiger partial charge in [0.15, 0.2) is 0 Å². The standard InChI is InChI=1S/C18H24O2/c1-17(2)13-10-14-15(12-6-4-3-5-7-12)20-9-8-18(14,11-13)16(17)19/h3-7,13-16,19H,8-11H2,1-2H3/t13-,14-,15-,16+,18-/m1/s1. The predicted molar refractivity (Wildman–Crippen MR) is 78.2 cm³/mol. The van der Waals surface area contributed by atoms with E-state index in [1.54, 1.807) is 0 Å². The molecule has 1 N–H and O–H groups in total. The summed E-state index contributed by atoms with van der Waals surface area (Å²) in [6.07, 6.45) is 3.44. The van der Waals surface area contributed by atoms with Gasteiger partial charge in [0.25, 0.3) is 0 Å². The second-order valence-electron chi connectivity index (χ2n) is 7.65. The van der Waals surface area contributed by atoms with E-state index in [-0.39, 0.29) is 23.0 Å². The van der Waals surface area contributed by atoms with Crippen LogP contribution in [-0.4, -0.2) is 17.8 Å². The summed E-state index contributed by atoms with van der Waals surface area (Å²) in [5, 5.41) is 10.9. The maximum absolute atomic E-state index is 10.9. The number of ether oxygens (including phenoxy) is 1. The lowest BCUT2D eigenvalue weighted by Crippen LogP contribution is -2.51. The van der Waals surface area contributed by atoms with Crippen LogP contribution in [0, 0.1) is 22.7 Å². The van der Waals surface area contributed by atoms with Crippen molar-refractivity contribution in [3.05, 3.63) is 35.9 Å². The number of aliphatic hydroxyl groups is 1. The van der Waals surface area contributed by atoms with E-state index >= 15 is 0 Å². The van der Waals surface area contributed by atoms with Crippen molar-refractivity contribution in [1.29, 1.82) is 0 Å². The summed E-state index contributed by atoms with van der Waals surface area (Å²) in [6, 6.07) is 10.6. The van der Waals surface area contributed by atoms with E-state index in [9.17, 15) is 5.11 Å². The molecule has 1 aromatic rings. The Morgan fingerprint density at radius 1 is 1.20 bits per heavy atom. The second kappa shape index (κ2) is 4.08. The number of benzene rings is 1. The average Bonchev–Trinajstić information content (AvgIpc) is 2.94. The highest BCUT2D eigenvalue weighted by atomic mass is 16.5. The highest BCUT2D eigenvalue weighted by Gasteiger charge is 2.67. The molecule has 0 unspecified atom stereocenters. The third-order valence-electron chi connectivity index (χ3n) is 6.56. The van der Waals surface area contributed by atoms with Crippen LogP contribution in [0.1, 0.15) is 44.8 Å². The lowest BCUT2D eigenvalue weighted by molar-refractivity contribution is -0.164. The van der Waals surface area contributed by atoms with Crippen LogP contribution in [0.4, 0.5) is 0 Å². The summed E-state index contributed by atoms with van der Waals surface area (Å²) in [7, 11) is 0. The van der Waals surface area contributed by atoms with E-state index in [4.69, 9.17) is 4.74 Å². The van der Waals surface area contributed by atoms with E-state index in [2.05, 4.69) is 44.2 Å². The largest absolute Gasteiger partial charge is 0.392 e. The Bertz CT molecular complexity index is 509.